The third-order valence-corrected chi connectivity index (χ3v) is 5.58. The van der Waals surface area contributed by atoms with Crippen LogP contribution in [0.15, 0.2) is 22.9 Å². The summed E-state index contributed by atoms with van der Waals surface area (Å²) in [6, 6.07) is 5.72. The number of anilines is 1. The lowest BCUT2D eigenvalue weighted by Gasteiger charge is -2.26. The fourth-order valence-electron chi connectivity index (χ4n) is 3.56. The van der Waals surface area contributed by atoms with Crippen LogP contribution in [-0.2, 0) is 19.5 Å². The first kappa shape index (κ1) is 17.3. The predicted octanol–water partition coefficient (Wildman–Crippen LogP) is 1.28. The monoisotopic (exact) mass is 443 g/mol. The van der Waals surface area contributed by atoms with Gasteiger partial charge in [0, 0.05) is 31.4 Å². The molecular formula is C17H18BrN9O. The Balaban J connectivity index is 1.41. The molecule has 4 aromatic rings. The highest BCUT2D eigenvalue weighted by molar-refractivity contribution is 9.10. The van der Waals surface area contributed by atoms with Gasteiger partial charge in [0.15, 0.2) is 16.2 Å². The summed E-state index contributed by atoms with van der Waals surface area (Å²) >= 11 is 3.43. The molecule has 0 unspecified atom stereocenters. The number of nitrogens with two attached hydrogens (primary N) is 1. The van der Waals surface area contributed by atoms with Gasteiger partial charge in [-0.3, -0.25) is 4.90 Å². The van der Waals surface area contributed by atoms with Crippen LogP contribution in [0.2, 0.25) is 0 Å². The second-order valence-corrected chi connectivity index (χ2v) is 7.36. The quantitative estimate of drug-likeness (QED) is 0.501. The molecule has 1 aromatic carbocycles. The van der Waals surface area contributed by atoms with E-state index in [0.717, 1.165) is 47.9 Å². The fourth-order valence-corrected chi connectivity index (χ4v) is 4.02. The van der Waals surface area contributed by atoms with Gasteiger partial charge in [0.05, 0.1) is 13.7 Å². The minimum atomic E-state index is 0.293. The van der Waals surface area contributed by atoms with Gasteiger partial charge in [-0.2, -0.15) is 4.52 Å². The van der Waals surface area contributed by atoms with Crippen molar-refractivity contribution in [1.82, 2.24) is 39.2 Å². The molecule has 0 amide bonds. The lowest BCUT2D eigenvalue weighted by Crippen LogP contribution is -2.35. The minimum Gasteiger partial charge on any atom is -0.494 e. The average Bonchev–Trinajstić information content (AvgIpc) is 3.30. The first-order valence-electron chi connectivity index (χ1n) is 8.92. The number of nitrogens with zero attached hydrogens (tertiary/aromatic N) is 8. The SMILES string of the molecule is COc1cccc2c1nc(N)n1nc(CCN3CCn4c(Br)nnc4C3)nc21. The third kappa shape index (κ3) is 2.78. The number of rotatable bonds is 4. The number of fused-ring (bicyclic) bond motifs is 4. The molecule has 0 saturated heterocycles. The number of ether oxygens (including phenoxy) is 1. The van der Waals surface area contributed by atoms with Crippen LogP contribution < -0.4 is 10.5 Å². The van der Waals surface area contributed by atoms with Gasteiger partial charge < -0.3 is 15.0 Å². The molecular weight excluding hydrogens is 426 g/mol. The first-order valence-corrected chi connectivity index (χ1v) is 9.71. The van der Waals surface area contributed by atoms with Crippen molar-refractivity contribution in [2.75, 3.05) is 25.9 Å². The zero-order valence-electron chi connectivity index (χ0n) is 15.2. The Kier molecular flexibility index (Phi) is 4.13. The molecule has 5 rings (SSSR count). The standard InChI is InChI=1S/C17H18BrN9O/c1-28-11-4-2-3-10-14(11)21-17(19)27-15(10)20-12(24-27)5-6-25-7-8-26-13(9-25)22-23-16(26)18/h2-4H,5-9H2,1H3,(H2,19,21). The van der Waals surface area contributed by atoms with Gasteiger partial charge in [0.2, 0.25) is 5.95 Å². The lowest BCUT2D eigenvalue weighted by molar-refractivity contribution is 0.217. The van der Waals surface area contributed by atoms with Gasteiger partial charge in [0.1, 0.15) is 17.1 Å². The number of hydrogen-bond acceptors (Lipinski definition) is 8. The minimum absolute atomic E-state index is 0.293. The number of nitrogen functional groups attached to an aromatic ring is 1. The molecule has 28 heavy (non-hydrogen) atoms. The number of aromatic nitrogens is 7. The largest absolute Gasteiger partial charge is 0.494 e. The van der Waals surface area contributed by atoms with Crippen LogP contribution >= 0.6 is 15.9 Å². The second kappa shape index (κ2) is 6.67. The van der Waals surface area contributed by atoms with E-state index in [0.29, 0.717) is 29.3 Å². The molecule has 0 bridgehead atoms. The van der Waals surface area contributed by atoms with Crippen molar-refractivity contribution in [3.63, 3.8) is 0 Å². The summed E-state index contributed by atoms with van der Waals surface area (Å²) < 4.78 is 9.87. The molecule has 0 aliphatic carbocycles. The summed E-state index contributed by atoms with van der Waals surface area (Å²) in [6.45, 7) is 3.38. The van der Waals surface area contributed by atoms with E-state index in [4.69, 9.17) is 15.5 Å². The van der Waals surface area contributed by atoms with E-state index in [9.17, 15) is 0 Å². The Bertz CT molecular complexity index is 1180. The summed E-state index contributed by atoms with van der Waals surface area (Å²) in [6.07, 6.45) is 0.710. The third-order valence-electron chi connectivity index (χ3n) is 4.99. The van der Waals surface area contributed by atoms with Crippen LogP contribution in [0, 0.1) is 0 Å². The molecule has 4 heterocycles. The van der Waals surface area contributed by atoms with Gasteiger partial charge >= 0.3 is 0 Å². The van der Waals surface area contributed by atoms with E-state index in [1.807, 2.05) is 18.2 Å². The average molecular weight is 444 g/mol. The highest BCUT2D eigenvalue weighted by atomic mass is 79.9. The highest BCUT2D eigenvalue weighted by Crippen LogP contribution is 2.27. The lowest BCUT2D eigenvalue weighted by atomic mass is 10.2. The molecule has 0 radical (unpaired) electrons. The second-order valence-electron chi connectivity index (χ2n) is 6.65. The van der Waals surface area contributed by atoms with Crippen LogP contribution in [0.5, 0.6) is 5.75 Å². The molecule has 144 valence electrons. The van der Waals surface area contributed by atoms with Crippen molar-refractivity contribution in [2.45, 2.75) is 19.5 Å². The van der Waals surface area contributed by atoms with Gasteiger partial charge in [-0.15, -0.1) is 15.3 Å². The Morgan fingerprint density at radius 1 is 1.21 bits per heavy atom. The van der Waals surface area contributed by atoms with Crippen molar-refractivity contribution >= 4 is 38.4 Å². The van der Waals surface area contributed by atoms with Gasteiger partial charge in [-0.05, 0) is 28.1 Å². The maximum Gasteiger partial charge on any atom is 0.223 e. The Morgan fingerprint density at radius 2 is 2.11 bits per heavy atom. The van der Waals surface area contributed by atoms with E-state index in [1.165, 1.54) is 0 Å². The van der Waals surface area contributed by atoms with E-state index in [2.05, 4.69) is 45.7 Å². The molecule has 2 N–H and O–H groups in total. The topological polar surface area (TPSA) is 112 Å². The van der Waals surface area contributed by atoms with Gasteiger partial charge in [0.25, 0.3) is 0 Å². The van der Waals surface area contributed by atoms with Gasteiger partial charge in [-0.25, -0.2) is 9.97 Å². The molecule has 1 aliphatic rings. The van der Waals surface area contributed by atoms with Gasteiger partial charge in [-0.1, -0.05) is 6.07 Å². The van der Waals surface area contributed by atoms with Crippen LogP contribution in [0.4, 0.5) is 5.95 Å². The predicted molar refractivity (Wildman–Crippen MR) is 106 cm³/mol. The molecule has 0 atom stereocenters. The number of halogens is 1. The van der Waals surface area contributed by atoms with Crippen LogP contribution in [0.3, 0.4) is 0 Å². The molecule has 10 nitrogen and oxygen atoms in total. The molecule has 11 heteroatoms. The first-order chi connectivity index (χ1) is 13.6. The zero-order chi connectivity index (χ0) is 19.3. The van der Waals surface area contributed by atoms with Crippen molar-refractivity contribution in [1.29, 1.82) is 0 Å². The maximum absolute atomic E-state index is 6.11. The number of methoxy groups -OCH3 is 1. The van der Waals surface area contributed by atoms with Crippen molar-refractivity contribution < 1.29 is 4.74 Å². The van der Waals surface area contributed by atoms with Crippen LogP contribution in [-0.4, -0.2) is 59.4 Å². The van der Waals surface area contributed by atoms with Crippen molar-refractivity contribution in [3.05, 3.63) is 34.6 Å². The summed E-state index contributed by atoms with van der Waals surface area (Å²) in [5, 5.41) is 13.7. The summed E-state index contributed by atoms with van der Waals surface area (Å²) in [7, 11) is 1.62. The highest BCUT2D eigenvalue weighted by Gasteiger charge is 2.21. The van der Waals surface area contributed by atoms with Crippen LogP contribution in [0.1, 0.15) is 11.6 Å². The maximum atomic E-state index is 6.11. The summed E-state index contributed by atoms with van der Waals surface area (Å²) in [5.41, 5.74) is 7.50. The normalized spacial score (nSPS) is 14.6. The Morgan fingerprint density at radius 3 is 2.96 bits per heavy atom. The van der Waals surface area contributed by atoms with Crippen LogP contribution in [0.25, 0.3) is 16.6 Å². The van der Waals surface area contributed by atoms with Crippen molar-refractivity contribution in [3.8, 4) is 5.75 Å². The van der Waals surface area contributed by atoms with E-state index in [-0.39, 0.29) is 0 Å². The number of para-hydroxylation sites is 1. The molecule has 0 spiro atoms. The molecule has 0 saturated carbocycles. The van der Waals surface area contributed by atoms with E-state index < -0.39 is 0 Å². The van der Waals surface area contributed by atoms with E-state index in [1.54, 1.807) is 11.6 Å². The summed E-state index contributed by atoms with van der Waals surface area (Å²) in [5.74, 6) is 2.66. The summed E-state index contributed by atoms with van der Waals surface area (Å²) in [4.78, 5) is 11.5. The zero-order valence-corrected chi connectivity index (χ0v) is 16.8. The molecule has 0 fully saturated rings. The Hall–Kier alpha value is -2.79. The number of benzene rings is 1. The number of hydrogen-bond donors (Lipinski definition) is 1. The molecule has 1 aliphatic heterocycles. The van der Waals surface area contributed by atoms with E-state index >= 15 is 0 Å². The molecule has 3 aromatic heterocycles. The smallest absolute Gasteiger partial charge is 0.223 e. The van der Waals surface area contributed by atoms with Crippen molar-refractivity contribution in [2.24, 2.45) is 0 Å². The Labute approximate surface area is 168 Å². The fraction of sp³-hybridized carbons (Fsp3) is 0.353.